The Morgan fingerprint density at radius 1 is 1.26 bits per heavy atom. The molecule has 2 bridgehead atoms. The number of nitrogens with zero attached hydrogens (tertiary/aromatic N) is 1. The van der Waals surface area contributed by atoms with E-state index in [-0.39, 0.29) is 22.5 Å². The third-order valence-electron chi connectivity index (χ3n) is 3.63. The van der Waals surface area contributed by atoms with Crippen molar-refractivity contribution in [1.82, 2.24) is 4.31 Å². The van der Waals surface area contributed by atoms with Gasteiger partial charge in [0.05, 0.1) is 23.6 Å². The second kappa shape index (κ2) is 4.57. The minimum absolute atomic E-state index is 0.0123. The molecule has 0 saturated carbocycles. The molecule has 8 heteroatoms. The van der Waals surface area contributed by atoms with Crippen LogP contribution in [0.2, 0.25) is 0 Å². The number of ether oxygens (including phenoxy) is 1. The van der Waals surface area contributed by atoms with Crippen LogP contribution in [0, 0.1) is 0 Å². The van der Waals surface area contributed by atoms with E-state index in [0.29, 0.717) is 13.2 Å². The summed E-state index contributed by atoms with van der Waals surface area (Å²) in [5.74, 6) is 0. The monoisotopic (exact) mass is 283 g/mol. The zero-order chi connectivity index (χ0) is 13.6. The maximum Gasteiger partial charge on any atom is 0.488 e. The molecular weight excluding hydrogens is 269 g/mol. The lowest BCUT2D eigenvalue weighted by Crippen LogP contribution is -2.41. The lowest BCUT2D eigenvalue weighted by molar-refractivity contribution is 0.0608. The third kappa shape index (κ3) is 2.19. The van der Waals surface area contributed by atoms with Crippen molar-refractivity contribution in [2.75, 3.05) is 13.2 Å². The minimum Gasteiger partial charge on any atom is -0.423 e. The summed E-state index contributed by atoms with van der Waals surface area (Å²) < 4.78 is 31.8. The van der Waals surface area contributed by atoms with E-state index in [4.69, 9.17) is 14.8 Å². The number of sulfonamides is 1. The fourth-order valence-electron chi connectivity index (χ4n) is 2.61. The van der Waals surface area contributed by atoms with E-state index in [9.17, 15) is 8.42 Å². The molecule has 102 valence electrons. The van der Waals surface area contributed by atoms with Gasteiger partial charge in [-0.05, 0) is 24.0 Å². The van der Waals surface area contributed by atoms with Gasteiger partial charge in [0.25, 0.3) is 0 Å². The van der Waals surface area contributed by atoms with E-state index in [1.54, 1.807) is 0 Å². The van der Waals surface area contributed by atoms with Crippen LogP contribution in [0.3, 0.4) is 0 Å². The lowest BCUT2D eigenvalue weighted by Gasteiger charge is -2.26. The first-order chi connectivity index (χ1) is 8.98. The second-order valence-electron chi connectivity index (χ2n) is 4.86. The van der Waals surface area contributed by atoms with Crippen LogP contribution < -0.4 is 5.46 Å². The molecule has 0 spiro atoms. The highest BCUT2D eigenvalue weighted by molar-refractivity contribution is 7.89. The van der Waals surface area contributed by atoms with Gasteiger partial charge in [-0.1, -0.05) is 12.1 Å². The normalized spacial score (nSPS) is 26.8. The number of rotatable bonds is 3. The fraction of sp³-hybridized carbons (Fsp3) is 0.455. The van der Waals surface area contributed by atoms with E-state index in [1.807, 2.05) is 0 Å². The summed E-state index contributed by atoms with van der Waals surface area (Å²) in [5, 5.41) is 18.0. The number of benzene rings is 1. The lowest BCUT2D eigenvalue weighted by atomic mass is 9.81. The summed E-state index contributed by atoms with van der Waals surface area (Å²) in [6, 6.07) is 5.54. The standard InChI is InChI=1S/C11H14BNO5S/c14-12(15)8-1-3-11(4-2-8)19(16,17)13-6-10-5-9(13)7-18-10/h1-4,9-10,14-15H,5-7H2/t9-,10-/m0/s1. The fourth-order valence-corrected chi connectivity index (χ4v) is 4.26. The first-order valence-corrected chi connectivity index (χ1v) is 7.52. The summed E-state index contributed by atoms with van der Waals surface area (Å²) in [4.78, 5) is 0.171. The first-order valence-electron chi connectivity index (χ1n) is 6.08. The van der Waals surface area contributed by atoms with Crippen LogP contribution in [-0.2, 0) is 14.8 Å². The van der Waals surface area contributed by atoms with Gasteiger partial charge in [0, 0.05) is 6.54 Å². The van der Waals surface area contributed by atoms with Gasteiger partial charge < -0.3 is 14.8 Å². The van der Waals surface area contributed by atoms with E-state index in [0.717, 1.165) is 6.42 Å². The van der Waals surface area contributed by atoms with Gasteiger partial charge in [0.2, 0.25) is 10.0 Å². The van der Waals surface area contributed by atoms with Crippen LogP contribution >= 0.6 is 0 Å². The Hall–Kier alpha value is -0.925. The van der Waals surface area contributed by atoms with Crippen LogP contribution in [0.25, 0.3) is 0 Å². The summed E-state index contributed by atoms with van der Waals surface area (Å²) in [6.07, 6.45) is 0.769. The topological polar surface area (TPSA) is 87.1 Å². The molecule has 19 heavy (non-hydrogen) atoms. The molecule has 0 aromatic heterocycles. The van der Waals surface area contributed by atoms with Crippen LogP contribution in [0.15, 0.2) is 29.2 Å². The third-order valence-corrected chi connectivity index (χ3v) is 5.57. The smallest absolute Gasteiger partial charge is 0.423 e. The molecule has 2 saturated heterocycles. The molecule has 0 radical (unpaired) electrons. The van der Waals surface area contributed by atoms with Crippen LogP contribution in [0.1, 0.15) is 6.42 Å². The zero-order valence-corrected chi connectivity index (χ0v) is 11.0. The number of hydrogen-bond donors (Lipinski definition) is 2. The number of fused-ring (bicyclic) bond motifs is 2. The largest absolute Gasteiger partial charge is 0.488 e. The van der Waals surface area contributed by atoms with Gasteiger partial charge in [-0.15, -0.1) is 0 Å². The molecule has 2 heterocycles. The molecule has 3 rings (SSSR count). The maximum absolute atomic E-state index is 12.5. The zero-order valence-electron chi connectivity index (χ0n) is 10.1. The van der Waals surface area contributed by atoms with Crippen LogP contribution in [0.4, 0.5) is 0 Å². The highest BCUT2D eigenvalue weighted by Gasteiger charge is 2.45. The molecule has 0 unspecified atom stereocenters. The average Bonchev–Trinajstić information content (AvgIpc) is 3.01. The minimum atomic E-state index is -3.52. The Morgan fingerprint density at radius 2 is 1.95 bits per heavy atom. The van der Waals surface area contributed by atoms with Crippen LogP contribution in [0.5, 0.6) is 0 Å². The average molecular weight is 283 g/mol. The molecule has 0 aliphatic carbocycles. The van der Waals surface area contributed by atoms with E-state index in [2.05, 4.69) is 0 Å². The summed E-state index contributed by atoms with van der Waals surface area (Å²) in [6.45, 7) is 0.856. The van der Waals surface area contributed by atoms with Gasteiger partial charge in [-0.3, -0.25) is 0 Å². The highest BCUT2D eigenvalue weighted by Crippen LogP contribution is 2.32. The van der Waals surface area contributed by atoms with Crippen molar-refractivity contribution in [2.24, 2.45) is 0 Å². The molecule has 2 N–H and O–H groups in total. The van der Waals surface area contributed by atoms with Gasteiger partial charge in [-0.2, -0.15) is 4.31 Å². The van der Waals surface area contributed by atoms with E-state index < -0.39 is 17.1 Å². The molecule has 1 aromatic rings. The quantitative estimate of drug-likeness (QED) is 0.661. The van der Waals surface area contributed by atoms with Crippen LogP contribution in [-0.4, -0.2) is 55.2 Å². The molecular formula is C11H14BNO5S. The van der Waals surface area contributed by atoms with E-state index >= 15 is 0 Å². The Kier molecular flexibility index (Phi) is 3.14. The molecule has 2 aliphatic rings. The second-order valence-corrected chi connectivity index (χ2v) is 6.75. The predicted octanol–water partition coefficient (Wildman–Crippen LogP) is -1.47. The van der Waals surface area contributed by atoms with Gasteiger partial charge in [-0.25, -0.2) is 8.42 Å². The van der Waals surface area contributed by atoms with Crippen molar-refractivity contribution in [1.29, 1.82) is 0 Å². The Balaban J connectivity index is 1.88. The molecule has 1 aromatic carbocycles. The summed E-state index contributed by atoms with van der Waals surface area (Å²) in [7, 11) is -5.11. The molecule has 0 amide bonds. The number of hydrogen-bond acceptors (Lipinski definition) is 5. The molecule has 6 nitrogen and oxygen atoms in total. The summed E-state index contributed by atoms with van der Waals surface area (Å²) in [5.41, 5.74) is 0.269. The highest BCUT2D eigenvalue weighted by atomic mass is 32.2. The van der Waals surface area contributed by atoms with Gasteiger partial charge in [0.15, 0.2) is 0 Å². The van der Waals surface area contributed by atoms with Crippen molar-refractivity contribution in [3.05, 3.63) is 24.3 Å². The van der Waals surface area contributed by atoms with Gasteiger partial charge >= 0.3 is 7.12 Å². The molecule has 2 atom stereocenters. The first kappa shape index (κ1) is 13.1. The Morgan fingerprint density at radius 3 is 2.42 bits per heavy atom. The van der Waals surface area contributed by atoms with Gasteiger partial charge in [0.1, 0.15) is 0 Å². The maximum atomic E-state index is 12.5. The Labute approximate surface area is 111 Å². The van der Waals surface area contributed by atoms with Crippen molar-refractivity contribution >= 4 is 22.6 Å². The Bertz CT molecular complexity index is 573. The van der Waals surface area contributed by atoms with Crippen molar-refractivity contribution in [3.63, 3.8) is 0 Å². The van der Waals surface area contributed by atoms with Crippen molar-refractivity contribution in [2.45, 2.75) is 23.5 Å². The predicted molar refractivity (Wildman–Crippen MR) is 68.3 cm³/mol. The molecule has 2 fully saturated rings. The van der Waals surface area contributed by atoms with Crippen molar-refractivity contribution in [3.8, 4) is 0 Å². The summed E-state index contributed by atoms with van der Waals surface area (Å²) >= 11 is 0. The number of morpholine rings is 1. The van der Waals surface area contributed by atoms with E-state index in [1.165, 1.54) is 28.6 Å². The molecule has 2 aliphatic heterocycles. The SMILES string of the molecule is O=S(=O)(c1ccc(B(O)O)cc1)N1C[C@@H]2C[C@H]1CO2. The van der Waals surface area contributed by atoms with Crippen molar-refractivity contribution < 1.29 is 23.2 Å².